The molecule has 4 aromatic rings. The quantitative estimate of drug-likeness (QED) is 0.543. The van der Waals surface area contributed by atoms with Crippen LogP contribution >= 0.6 is 0 Å². The highest BCUT2D eigenvalue weighted by Crippen LogP contribution is 2.09. The summed E-state index contributed by atoms with van der Waals surface area (Å²) in [5, 5.41) is 16.5. The molecule has 0 unspecified atom stereocenters. The smallest absolute Gasteiger partial charge is 0.109 e. The highest BCUT2D eigenvalue weighted by atomic mass is 16.5. The third-order valence-electron chi connectivity index (χ3n) is 3.62. The maximum atomic E-state index is 5.67. The van der Waals surface area contributed by atoms with Crippen LogP contribution in [0.15, 0.2) is 73.1 Å². The van der Waals surface area contributed by atoms with Crippen molar-refractivity contribution >= 4 is 0 Å². The van der Waals surface area contributed by atoms with Crippen molar-refractivity contribution in [3.63, 3.8) is 0 Å². The molecule has 0 saturated heterocycles. The van der Waals surface area contributed by atoms with Crippen LogP contribution in [0.1, 0.15) is 11.4 Å². The lowest BCUT2D eigenvalue weighted by molar-refractivity contribution is 0.102. The number of rotatable bonds is 6. The van der Waals surface area contributed by atoms with Crippen LogP contribution < -0.4 is 0 Å². The molecule has 4 rings (SSSR count). The Morgan fingerprint density at radius 3 is 1.52 bits per heavy atom. The minimum Gasteiger partial charge on any atom is -0.369 e. The first-order valence-corrected chi connectivity index (χ1v) is 7.89. The summed E-state index contributed by atoms with van der Waals surface area (Å²) >= 11 is 0. The zero-order valence-corrected chi connectivity index (χ0v) is 13.4. The number of benzene rings is 2. The summed E-state index contributed by atoms with van der Waals surface area (Å²) in [6.07, 6.45) is 3.71. The van der Waals surface area contributed by atoms with E-state index in [1.54, 1.807) is 9.36 Å². The van der Waals surface area contributed by atoms with Crippen molar-refractivity contribution in [1.29, 1.82) is 0 Å². The fourth-order valence-corrected chi connectivity index (χ4v) is 2.40. The molecule has 0 saturated carbocycles. The lowest BCUT2D eigenvalue weighted by atomic mass is 10.3. The number of hydrogen-bond acceptors (Lipinski definition) is 5. The number of nitrogens with zero attached hydrogens (tertiary/aromatic N) is 6. The third-order valence-corrected chi connectivity index (χ3v) is 3.62. The predicted octanol–water partition coefficient (Wildman–Crippen LogP) is 2.56. The Balaban J connectivity index is 1.34. The van der Waals surface area contributed by atoms with Crippen LogP contribution in [0.4, 0.5) is 0 Å². The van der Waals surface area contributed by atoms with Gasteiger partial charge in [0, 0.05) is 0 Å². The molecule has 124 valence electrons. The molecule has 0 aliphatic heterocycles. The van der Waals surface area contributed by atoms with Gasteiger partial charge in [0.1, 0.15) is 11.4 Å². The number of para-hydroxylation sites is 2. The van der Waals surface area contributed by atoms with Gasteiger partial charge in [0.25, 0.3) is 0 Å². The summed E-state index contributed by atoms with van der Waals surface area (Å²) in [6, 6.07) is 19.7. The molecule has 0 bridgehead atoms. The maximum absolute atomic E-state index is 5.67. The highest BCUT2D eigenvalue weighted by Gasteiger charge is 2.05. The molecular weight excluding hydrogens is 316 g/mol. The summed E-state index contributed by atoms with van der Waals surface area (Å²) in [6.45, 7) is 0.732. The van der Waals surface area contributed by atoms with E-state index >= 15 is 0 Å². The van der Waals surface area contributed by atoms with Gasteiger partial charge in [-0.2, -0.15) is 0 Å². The van der Waals surface area contributed by atoms with Gasteiger partial charge in [0.15, 0.2) is 0 Å². The molecule has 7 heteroatoms. The zero-order valence-electron chi connectivity index (χ0n) is 13.4. The van der Waals surface area contributed by atoms with Gasteiger partial charge in [-0.15, -0.1) is 10.2 Å². The molecule has 0 fully saturated rings. The molecule has 2 aromatic carbocycles. The van der Waals surface area contributed by atoms with Gasteiger partial charge in [-0.1, -0.05) is 46.8 Å². The lowest BCUT2D eigenvalue weighted by Crippen LogP contribution is -1.95. The van der Waals surface area contributed by atoms with E-state index in [1.807, 2.05) is 73.1 Å². The molecule has 0 spiro atoms. The van der Waals surface area contributed by atoms with Crippen LogP contribution in [0.3, 0.4) is 0 Å². The Morgan fingerprint density at radius 2 is 1.08 bits per heavy atom. The third kappa shape index (κ3) is 3.61. The molecule has 0 amide bonds. The van der Waals surface area contributed by atoms with E-state index in [0.29, 0.717) is 13.2 Å². The van der Waals surface area contributed by atoms with Gasteiger partial charge in [-0.05, 0) is 24.3 Å². The van der Waals surface area contributed by atoms with E-state index in [4.69, 9.17) is 4.74 Å². The van der Waals surface area contributed by atoms with Crippen LogP contribution in [-0.2, 0) is 18.0 Å². The molecule has 0 N–H and O–H groups in total. The molecule has 0 radical (unpaired) electrons. The SMILES string of the molecule is c1ccc(-n2cc(COCc3cn(-c4ccccc4)nn3)nn2)cc1. The van der Waals surface area contributed by atoms with E-state index in [1.165, 1.54) is 0 Å². The molecule has 0 atom stereocenters. The maximum Gasteiger partial charge on any atom is 0.109 e. The van der Waals surface area contributed by atoms with Crippen LogP contribution in [0.2, 0.25) is 0 Å². The second-order valence-electron chi connectivity index (χ2n) is 5.47. The van der Waals surface area contributed by atoms with Crippen molar-refractivity contribution in [1.82, 2.24) is 30.0 Å². The Morgan fingerprint density at radius 1 is 0.640 bits per heavy atom. The van der Waals surface area contributed by atoms with E-state index < -0.39 is 0 Å². The highest BCUT2D eigenvalue weighted by molar-refractivity contribution is 5.30. The Labute approximate surface area is 144 Å². The van der Waals surface area contributed by atoms with Crippen LogP contribution in [0.25, 0.3) is 11.4 Å². The molecule has 2 aromatic heterocycles. The normalized spacial score (nSPS) is 10.9. The van der Waals surface area contributed by atoms with E-state index in [9.17, 15) is 0 Å². The molecule has 2 heterocycles. The minimum absolute atomic E-state index is 0.366. The Hall–Kier alpha value is -3.32. The number of ether oxygens (including phenoxy) is 1. The molecule has 7 nitrogen and oxygen atoms in total. The second kappa shape index (κ2) is 7.06. The monoisotopic (exact) mass is 332 g/mol. The van der Waals surface area contributed by atoms with Crippen molar-refractivity contribution in [2.45, 2.75) is 13.2 Å². The first-order chi connectivity index (χ1) is 12.4. The summed E-state index contributed by atoms with van der Waals surface area (Å²) < 4.78 is 9.13. The molecule has 25 heavy (non-hydrogen) atoms. The summed E-state index contributed by atoms with van der Waals surface area (Å²) in [5.41, 5.74) is 3.46. The van der Waals surface area contributed by atoms with Crippen molar-refractivity contribution in [3.05, 3.63) is 84.4 Å². The van der Waals surface area contributed by atoms with Crippen molar-refractivity contribution in [2.75, 3.05) is 0 Å². The second-order valence-corrected chi connectivity index (χ2v) is 5.47. The fourth-order valence-electron chi connectivity index (χ4n) is 2.40. The van der Waals surface area contributed by atoms with Gasteiger partial charge in [-0.3, -0.25) is 0 Å². The van der Waals surface area contributed by atoms with Gasteiger partial charge in [0.2, 0.25) is 0 Å². The minimum atomic E-state index is 0.366. The average molecular weight is 332 g/mol. The number of hydrogen-bond donors (Lipinski definition) is 0. The average Bonchev–Trinajstić information content (AvgIpc) is 3.33. The van der Waals surface area contributed by atoms with Gasteiger partial charge in [0.05, 0.1) is 37.0 Å². The Bertz CT molecular complexity index is 855. The molecule has 0 aliphatic rings. The predicted molar refractivity (Wildman–Crippen MR) is 91.2 cm³/mol. The summed E-state index contributed by atoms with van der Waals surface area (Å²) in [4.78, 5) is 0. The summed E-state index contributed by atoms with van der Waals surface area (Å²) in [5.74, 6) is 0. The first-order valence-electron chi connectivity index (χ1n) is 7.89. The largest absolute Gasteiger partial charge is 0.369 e. The van der Waals surface area contributed by atoms with Crippen LogP contribution in [0.5, 0.6) is 0 Å². The van der Waals surface area contributed by atoms with Crippen LogP contribution in [0, 0.1) is 0 Å². The van der Waals surface area contributed by atoms with Crippen LogP contribution in [-0.4, -0.2) is 30.0 Å². The number of aromatic nitrogens is 6. The lowest BCUT2D eigenvalue weighted by Gasteiger charge is -1.99. The first kappa shape index (κ1) is 15.2. The van der Waals surface area contributed by atoms with Gasteiger partial charge < -0.3 is 4.74 Å². The van der Waals surface area contributed by atoms with Crippen molar-refractivity contribution in [2.24, 2.45) is 0 Å². The van der Waals surface area contributed by atoms with E-state index in [2.05, 4.69) is 20.6 Å². The van der Waals surface area contributed by atoms with Crippen molar-refractivity contribution < 1.29 is 4.74 Å². The fraction of sp³-hybridized carbons (Fsp3) is 0.111. The molecular formula is C18H16N6O. The van der Waals surface area contributed by atoms with Crippen molar-refractivity contribution in [3.8, 4) is 11.4 Å². The van der Waals surface area contributed by atoms with E-state index in [-0.39, 0.29) is 0 Å². The van der Waals surface area contributed by atoms with Gasteiger partial charge in [-0.25, -0.2) is 9.36 Å². The van der Waals surface area contributed by atoms with E-state index in [0.717, 1.165) is 22.8 Å². The Kier molecular flexibility index (Phi) is 4.30. The standard InChI is InChI=1S/C18H16N6O/c1-3-7-17(8-4-1)23-11-15(19-21-23)13-25-14-16-12-24(22-20-16)18-9-5-2-6-10-18/h1-12H,13-14H2. The summed E-state index contributed by atoms with van der Waals surface area (Å²) in [7, 11) is 0. The molecule has 0 aliphatic carbocycles. The topological polar surface area (TPSA) is 70.7 Å². The zero-order chi connectivity index (χ0) is 16.9. The van der Waals surface area contributed by atoms with Gasteiger partial charge >= 0.3 is 0 Å².